The van der Waals surface area contributed by atoms with E-state index in [9.17, 15) is 9.59 Å². The van der Waals surface area contributed by atoms with Crippen molar-refractivity contribution in [3.05, 3.63) is 81.4 Å². The van der Waals surface area contributed by atoms with Crippen LogP contribution in [0.5, 0.6) is 0 Å². The average molecular weight is 425 g/mol. The number of benzene rings is 1. The Morgan fingerprint density at radius 3 is 2.80 bits per heavy atom. The standard InChI is InChI=1S/C22H21ClN4O3/c1-30-12-6-11-26-18(21(28)24-14-15-7-2-3-8-17(15)23)13-16-20(26)25-19-9-4-5-10-27(19)22(16)29/h2-5,7-10,13H,6,11-12,14H2,1H3,(H,24,28). The molecule has 1 amide bonds. The van der Waals surface area contributed by atoms with Crippen molar-refractivity contribution < 1.29 is 9.53 Å². The van der Waals surface area contributed by atoms with Crippen LogP contribution in [0.15, 0.2) is 59.5 Å². The summed E-state index contributed by atoms with van der Waals surface area (Å²) in [5, 5.41) is 3.89. The van der Waals surface area contributed by atoms with Gasteiger partial charge in [0.1, 0.15) is 17.0 Å². The number of aromatic nitrogens is 3. The largest absolute Gasteiger partial charge is 0.385 e. The lowest BCUT2D eigenvalue weighted by Crippen LogP contribution is -2.26. The minimum absolute atomic E-state index is 0.207. The molecule has 30 heavy (non-hydrogen) atoms. The zero-order valence-electron chi connectivity index (χ0n) is 16.5. The van der Waals surface area contributed by atoms with Crippen LogP contribution < -0.4 is 10.9 Å². The molecule has 0 saturated carbocycles. The number of halogens is 1. The van der Waals surface area contributed by atoms with Gasteiger partial charge in [-0.2, -0.15) is 0 Å². The number of methoxy groups -OCH3 is 1. The van der Waals surface area contributed by atoms with Gasteiger partial charge >= 0.3 is 0 Å². The molecule has 8 heteroatoms. The Kier molecular flexibility index (Phi) is 5.83. The van der Waals surface area contributed by atoms with E-state index in [-0.39, 0.29) is 18.0 Å². The van der Waals surface area contributed by atoms with E-state index in [0.717, 1.165) is 5.56 Å². The smallest absolute Gasteiger partial charge is 0.268 e. The predicted molar refractivity (Wildman–Crippen MR) is 116 cm³/mol. The summed E-state index contributed by atoms with van der Waals surface area (Å²) in [5.74, 6) is -0.293. The number of carbonyl (C=O) groups is 1. The fourth-order valence-electron chi connectivity index (χ4n) is 3.44. The Morgan fingerprint density at radius 1 is 1.20 bits per heavy atom. The summed E-state index contributed by atoms with van der Waals surface area (Å²) in [6.45, 7) is 1.32. The van der Waals surface area contributed by atoms with Crippen LogP contribution in [0, 0.1) is 0 Å². The number of pyridine rings is 1. The molecule has 1 N–H and O–H groups in total. The van der Waals surface area contributed by atoms with E-state index in [0.29, 0.717) is 47.0 Å². The summed E-state index contributed by atoms with van der Waals surface area (Å²) in [7, 11) is 1.63. The molecule has 4 rings (SSSR count). The molecule has 0 radical (unpaired) electrons. The fourth-order valence-corrected chi connectivity index (χ4v) is 3.64. The number of hydrogen-bond donors (Lipinski definition) is 1. The molecule has 0 aliphatic carbocycles. The maximum atomic E-state index is 13.0. The van der Waals surface area contributed by atoms with Crippen molar-refractivity contribution in [2.75, 3.05) is 13.7 Å². The summed E-state index contributed by atoms with van der Waals surface area (Å²) in [5.41, 5.74) is 2.02. The molecule has 0 unspecified atom stereocenters. The molecular weight excluding hydrogens is 404 g/mol. The normalized spacial score (nSPS) is 11.3. The Labute approximate surface area is 177 Å². The second kappa shape index (κ2) is 8.69. The number of ether oxygens (including phenoxy) is 1. The lowest BCUT2D eigenvalue weighted by molar-refractivity contribution is 0.0941. The Balaban J connectivity index is 1.75. The highest BCUT2D eigenvalue weighted by Gasteiger charge is 2.19. The Bertz CT molecular complexity index is 1280. The zero-order valence-corrected chi connectivity index (χ0v) is 17.2. The van der Waals surface area contributed by atoms with Crippen LogP contribution in [0.2, 0.25) is 5.02 Å². The van der Waals surface area contributed by atoms with E-state index in [1.807, 2.05) is 24.3 Å². The third-order valence-electron chi connectivity index (χ3n) is 4.94. The number of hydrogen-bond acceptors (Lipinski definition) is 4. The summed E-state index contributed by atoms with van der Waals surface area (Å²) in [4.78, 5) is 30.6. The van der Waals surface area contributed by atoms with Crippen LogP contribution in [-0.4, -0.2) is 33.6 Å². The number of fused-ring (bicyclic) bond motifs is 2. The molecule has 0 saturated heterocycles. The first kappa shape index (κ1) is 20.1. The van der Waals surface area contributed by atoms with E-state index in [1.54, 1.807) is 42.1 Å². The van der Waals surface area contributed by atoms with Crippen molar-refractivity contribution in [3.8, 4) is 0 Å². The maximum absolute atomic E-state index is 13.0. The van der Waals surface area contributed by atoms with Gasteiger partial charge in [0.25, 0.3) is 11.5 Å². The van der Waals surface area contributed by atoms with Crippen LogP contribution >= 0.6 is 11.6 Å². The van der Waals surface area contributed by atoms with Gasteiger partial charge in [0.15, 0.2) is 0 Å². The summed E-state index contributed by atoms with van der Waals surface area (Å²) in [6, 6.07) is 14.3. The molecule has 0 spiro atoms. The molecule has 7 nitrogen and oxygen atoms in total. The number of amides is 1. The van der Waals surface area contributed by atoms with Crippen LogP contribution in [0.25, 0.3) is 16.7 Å². The molecule has 4 aromatic rings. The highest BCUT2D eigenvalue weighted by Crippen LogP contribution is 2.18. The average Bonchev–Trinajstić information content (AvgIpc) is 3.12. The van der Waals surface area contributed by atoms with E-state index in [1.165, 1.54) is 4.40 Å². The first-order chi connectivity index (χ1) is 14.6. The Morgan fingerprint density at radius 2 is 2.00 bits per heavy atom. The lowest BCUT2D eigenvalue weighted by Gasteiger charge is -2.11. The molecule has 0 fully saturated rings. The van der Waals surface area contributed by atoms with Crippen molar-refractivity contribution in [1.82, 2.24) is 19.3 Å². The van der Waals surface area contributed by atoms with Gasteiger partial charge in [0.05, 0.1) is 5.39 Å². The highest BCUT2D eigenvalue weighted by atomic mass is 35.5. The Hall–Kier alpha value is -3.16. The summed E-state index contributed by atoms with van der Waals surface area (Å²) >= 11 is 6.19. The molecular formula is C22H21ClN4O3. The zero-order chi connectivity index (χ0) is 21.1. The molecule has 3 heterocycles. The molecule has 1 aromatic carbocycles. The molecule has 3 aromatic heterocycles. The first-order valence-corrected chi connectivity index (χ1v) is 9.99. The van der Waals surface area contributed by atoms with Gasteiger partial charge in [-0.15, -0.1) is 0 Å². The number of rotatable bonds is 7. The van der Waals surface area contributed by atoms with Crippen molar-refractivity contribution >= 4 is 34.2 Å². The monoisotopic (exact) mass is 424 g/mol. The van der Waals surface area contributed by atoms with E-state index in [2.05, 4.69) is 10.3 Å². The summed E-state index contributed by atoms with van der Waals surface area (Å²) < 4.78 is 8.41. The van der Waals surface area contributed by atoms with Crippen molar-refractivity contribution in [1.29, 1.82) is 0 Å². The van der Waals surface area contributed by atoms with E-state index < -0.39 is 0 Å². The quantitative estimate of drug-likeness (QED) is 0.462. The van der Waals surface area contributed by atoms with Crippen LogP contribution in [0.1, 0.15) is 22.5 Å². The van der Waals surface area contributed by atoms with Gasteiger partial charge in [0.2, 0.25) is 0 Å². The SMILES string of the molecule is COCCCn1c(C(=O)NCc2ccccc2Cl)cc2c(=O)n3ccccc3nc21. The van der Waals surface area contributed by atoms with Crippen molar-refractivity contribution in [3.63, 3.8) is 0 Å². The maximum Gasteiger partial charge on any atom is 0.268 e. The van der Waals surface area contributed by atoms with Gasteiger partial charge < -0.3 is 14.6 Å². The van der Waals surface area contributed by atoms with Crippen LogP contribution in [0.4, 0.5) is 0 Å². The van der Waals surface area contributed by atoms with Crippen LogP contribution in [-0.2, 0) is 17.8 Å². The molecule has 0 atom stereocenters. The molecule has 154 valence electrons. The van der Waals surface area contributed by atoms with Crippen LogP contribution in [0.3, 0.4) is 0 Å². The van der Waals surface area contributed by atoms with Gasteiger partial charge in [-0.3, -0.25) is 14.0 Å². The first-order valence-electron chi connectivity index (χ1n) is 9.61. The topological polar surface area (TPSA) is 77.6 Å². The molecule has 0 aliphatic heterocycles. The van der Waals surface area contributed by atoms with E-state index in [4.69, 9.17) is 16.3 Å². The number of carbonyl (C=O) groups excluding carboxylic acids is 1. The fraction of sp³-hybridized carbons (Fsp3) is 0.227. The third kappa shape index (κ3) is 3.81. The number of nitrogens with one attached hydrogen (secondary N) is 1. The molecule has 0 bridgehead atoms. The second-order valence-corrected chi connectivity index (χ2v) is 7.29. The van der Waals surface area contributed by atoms with Crippen molar-refractivity contribution in [2.45, 2.75) is 19.5 Å². The number of aryl methyl sites for hydroxylation is 1. The molecule has 0 aliphatic rings. The minimum atomic E-state index is -0.293. The predicted octanol–water partition coefficient (Wildman–Crippen LogP) is 3.27. The highest BCUT2D eigenvalue weighted by molar-refractivity contribution is 6.31. The summed E-state index contributed by atoms with van der Waals surface area (Å²) in [6.07, 6.45) is 2.35. The van der Waals surface area contributed by atoms with E-state index >= 15 is 0 Å². The number of nitrogens with zero attached hydrogens (tertiary/aromatic N) is 3. The third-order valence-corrected chi connectivity index (χ3v) is 5.31. The van der Waals surface area contributed by atoms with Gasteiger partial charge in [0, 0.05) is 38.0 Å². The van der Waals surface area contributed by atoms with Crippen molar-refractivity contribution in [2.24, 2.45) is 0 Å². The second-order valence-electron chi connectivity index (χ2n) is 6.88. The minimum Gasteiger partial charge on any atom is -0.385 e. The van der Waals surface area contributed by atoms with Gasteiger partial charge in [-0.25, -0.2) is 4.98 Å². The van der Waals surface area contributed by atoms with Gasteiger partial charge in [-0.05, 0) is 36.2 Å². The van der Waals surface area contributed by atoms with Gasteiger partial charge in [-0.1, -0.05) is 35.9 Å². The lowest BCUT2D eigenvalue weighted by atomic mass is 10.2.